The van der Waals surface area contributed by atoms with Crippen LogP contribution >= 0.6 is 0 Å². The number of nitrogens with zero attached hydrogens (tertiary/aromatic N) is 3. The number of aromatic nitrogens is 2. The van der Waals surface area contributed by atoms with E-state index < -0.39 is 0 Å². The van der Waals surface area contributed by atoms with Crippen LogP contribution in [0.1, 0.15) is 18.2 Å². The SMILES string of the molecule is CCNCc1ccc(N(C)Cc2ccccc2)nn1. The van der Waals surface area contributed by atoms with Crippen LogP contribution in [0.15, 0.2) is 42.5 Å². The van der Waals surface area contributed by atoms with E-state index in [2.05, 4.69) is 39.5 Å². The third-order valence-corrected chi connectivity index (χ3v) is 2.92. The van der Waals surface area contributed by atoms with Gasteiger partial charge in [-0.1, -0.05) is 37.3 Å². The minimum atomic E-state index is 0.770. The fourth-order valence-electron chi connectivity index (χ4n) is 1.84. The van der Waals surface area contributed by atoms with Gasteiger partial charge in [0, 0.05) is 20.1 Å². The Morgan fingerprint density at radius 1 is 1.05 bits per heavy atom. The van der Waals surface area contributed by atoms with Crippen LogP contribution in [0.25, 0.3) is 0 Å². The molecular weight excluding hydrogens is 236 g/mol. The predicted molar refractivity (Wildman–Crippen MR) is 78.0 cm³/mol. The number of anilines is 1. The summed E-state index contributed by atoms with van der Waals surface area (Å²) in [6.07, 6.45) is 0. The number of rotatable bonds is 6. The molecule has 0 atom stereocenters. The predicted octanol–water partition coefficient (Wildman–Crippen LogP) is 2.22. The highest BCUT2D eigenvalue weighted by Crippen LogP contribution is 2.11. The van der Waals surface area contributed by atoms with Crippen molar-refractivity contribution < 1.29 is 0 Å². The zero-order valence-electron chi connectivity index (χ0n) is 11.5. The largest absolute Gasteiger partial charge is 0.354 e. The third kappa shape index (κ3) is 4.03. The maximum Gasteiger partial charge on any atom is 0.151 e. The molecule has 0 radical (unpaired) electrons. The van der Waals surface area contributed by atoms with E-state index in [4.69, 9.17) is 0 Å². The fourth-order valence-corrected chi connectivity index (χ4v) is 1.84. The van der Waals surface area contributed by atoms with E-state index in [1.165, 1.54) is 5.56 Å². The lowest BCUT2D eigenvalue weighted by Gasteiger charge is -2.17. The molecule has 0 amide bonds. The summed E-state index contributed by atoms with van der Waals surface area (Å²) in [5.74, 6) is 0.893. The van der Waals surface area contributed by atoms with Crippen molar-refractivity contribution in [2.24, 2.45) is 0 Å². The minimum Gasteiger partial charge on any atom is -0.354 e. The summed E-state index contributed by atoms with van der Waals surface area (Å²) >= 11 is 0. The van der Waals surface area contributed by atoms with Crippen molar-refractivity contribution in [1.29, 1.82) is 0 Å². The average Bonchev–Trinajstić information content (AvgIpc) is 2.46. The maximum atomic E-state index is 4.26. The zero-order valence-corrected chi connectivity index (χ0v) is 11.5. The van der Waals surface area contributed by atoms with Crippen LogP contribution in [0.5, 0.6) is 0 Å². The van der Waals surface area contributed by atoms with E-state index in [0.717, 1.165) is 31.1 Å². The number of hydrogen-bond acceptors (Lipinski definition) is 4. The van der Waals surface area contributed by atoms with Gasteiger partial charge < -0.3 is 10.2 Å². The van der Waals surface area contributed by atoms with Crippen LogP contribution in [0.3, 0.4) is 0 Å². The molecule has 4 heteroatoms. The lowest BCUT2D eigenvalue weighted by atomic mass is 10.2. The van der Waals surface area contributed by atoms with E-state index in [1.54, 1.807) is 0 Å². The zero-order chi connectivity index (χ0) is 13.5. The summed E-state index contributed by atoms with van der Waals surface area (Å²) in [5.41, 5.74) is 2.24. The van der Waals surface area contributed by atoms with Gasteiger partial charge in [0.1, 0.15) is 0 Å². The molecule has 100 valence electrons. The van der Waals surface area contributed by atoms with Gasteiger partial charge in [-0.3, -0.25) is 0 Å². The van der Waals surface area contributed by atoms with E-state index in [0.29, 0.717) is 0 Å². The van der Waals surface area contributed by atoms with Gasteiger partial charge in [0.25, 0.3) is 0 Å². The molecule has 0 unspecified atom stereocenters. The molecule has 0 aliphatic heterocycles. The molecular formula is C15H20N4. The highest BCUT2D eigenvalue weighted by molar-refractivity contribution is 5.37. The van der Waals surface area contributed by atoms with Crippen molar-refractivity contribution in [3.8, 4) is 0 Å². The van der Waals surface area contributed by atoms with Gasteiger partial charge in [-0.15, -0.1) is 5.10 Å². The lowest BCUT2D eigenvalue weighted by molar-refractivity contribution is 0.696. The molecule has 0 saturated carbocycles. The first-order valence-electron chi connectivity index (χ1n) is 6.58. The molecule has 2 aromatic rings. The Morgan fingerprint density at radius 2 is 1.84 bits per heavy atom. The first-order chi connectivity index (χ1) is 9.29. The van der Waals surface area contributed by atoms with Crippen LogP contribution in [-0.4, -0.2) is 23.8 Å². The molecule has 1 N–H and O–H groups in total. The van der Waals surface area contributed by atoms with Gasteiger partial charge in [-0.05, 0) is 24.2 Å². The van der Waals surface area contributed by atoms with Crippen molar-refractivity contribution in [3.63, 3.8) is 0 Å². The van der Waals surface area contributed by atoms with Gasteiger partial charge in [0.2, 0.25) is 0 Å². The molecule has 4 nitrogen and oxygen atoms in total. The first kappa shape index (κ1) is 13.5. The molecule has 0 bridgehead atoms. The normalized spacial score (nSPS) is 10.4. The fraction of sp³-hybridized carbons (Fsp3) is 0.333. The topological polar surface area (TPSA) is 41.0 Å². The van der Waals surface area contributed by atoms with Gasteiger partial charge in [-0.2, -0.15) is 5.10 Å². The van der Waals surface area contributed by atoms with Crippen molar-refractivity contribution in [2.75, 3.05) is 18.5 Å². The Morgan fingerprint density at radius 3 is 2.47 bits per heavy atom. The van der Waals surface area contributed by atoms with Crippen molar-refractivity contribution in [2.45, 2.75) is 20.0 Å². The number of benzene rings is 1. The Kier molecular flexibility index (Phi) is 4.86. The lowest BCUT2D eigenvalue weighted by Crippen LogP contribution is -2.19. The molecule has 0 fully saturated rings. The van der Waals surface area contributed by atoms with Crippen LogP contribution < -0.4 is 10.2 Å². The average molecular weight is 256 g/mol. The number of hydrogen-bond donors (Lipinski definition) is 1. The molecule has 2 rings (SSSR count). The summed E-state index contributed by atoms with van der Waals surface area (Å²) in [4.78, 5) is 2.10. The Balaban J connectivity index is 1.97. The molecule has 1 aromatic carbocycles. The van der Waals surface area contributed by atoms with E-state index in [9.17, 15) is 0 Å². The molecule has 0 spiro atoms. The van der Waals surface area contributed by atoms with E-state index in [1.807, 2.05) is 37.4 Å². The van der Waals surface area contributed by atoms with Gasteiger partial charge in [-0.25, -0.2) is 0 Å². The molecule has 0 saturated heterocycles. The molecule has 0 aliphatic rings. The van der Waals surface area contributed by atoms with Gasteiger partial charge in [0.05, 0.1) is 5.69 Å². The summed E-state index contributed by atoms with van der Waals surface area (Å²) < 4.78 is 0. The highest BCUT2D eigenvalue weighted by Gasteiger charge is 2.04. The Bertz CT molecular complexity index is 481. The van der Waals surface area contributed by atoms with Crippen molar-refractivity contribution >= 4 is 5.82 Å². The Hall–Kier alpha value is -1.94. The molecule has 0 aliphatic carbocycles. The van der Waals surface area contributed by atoms with Crippen LogP contribution in [0.4, 0.5) is 5.82 Å². The van der Waals surface area contributed by atoms with E-state index >= 15 is 0 Å². The molecule has 1 heterocycles. The van der Waals surface area contributed by atoms with Gasteiger partial charge in [0.15, 0.2) is 5.82 Å². The van der Waals surface area contributed by atoms with E-state index in [-0.39, 0.29) is 0 Å². The van der Waals surface area contributed by atoms with Crippen molar-refractivity contribution in [1.82, 2.24) is 15.5 Å². The van der Waals surface area contributed by atoms with Crippen LogP contribution in [0.2, 0.25) is 0 Å². The van der Waals surface area contributed by atoms with Crippen molar-refractivity contribution in [3.05, 3.63) is 53.7 Å². The summed E-state index contributed by atoms with van der Waals surface area (Å²) in [6.45, 7) is 4.63. The molecule has 1 aromatic heterocycles. The van der Waals surface area contributed by atoms with Crippen LogP contribution in [0, 0.1) is 0 Å². The standard InChI is InChI=1S/C15H20N4/c1-3-16-11-14-9-10-15(18-17-14)19(2)12-13-7-5-4-6-8-13/h4-10,16H,3,11-12H2,1-2H3. The smallest absolute Gasteiger partial charge is 0.151 e. The molecule has 19 heavy (non-hydrogen) atoms. The number of nitrogens with one attached hydrogen (secondary N) is 1. The second-order valence-electron chi connectivity index (χ2n) is 4.50. The summed E-state index contributed by atoms with van der Waals surface area (Å²) in [7, 11) is 2.03. The third-order valence-electron chi connectivity index (χ3n) is 2.92. The summed E-state index contributed by atoms with van der Waals surface area (Å²) in [5, 5.41) is 11.7. The second-order valence-corrected chi connectivity index (χ2v) is 4.50. The monoisotopic (exact) mass is 256 g/mol. The van der Waals surface area contributed by atoms with Crippen LogP contribution in [-0.2, 0) is 13.1 Å². The minimum absolute atomic E-state index is 0.770. The Labute approximate surface area is 114 Å². The first-order valence-corrected chi connectivity index (χ1v) is 6.58. The quantitative estimate of drug-likeness (QED) is 0.860. The van der Waals surface area contributed by atoms with Gasteiger partial charge >= 0.3 is 0 Å². The second kappa shape index (κ2) is 6.85. The maximum absolute atomic E-state index is 4.26. The summed E-state index contributed by atoms with van der Waals surface area (Å²) in [6, 6.07) is 14.4. The highest BCUT2D eigenvalue weighted by atomic mass is 15.2.